The predicted octanol–water partition coefficient (Wildman–Crippen LogP) is 4.03. The Morgan fingerprint density at radius 1 is 1.17 bits per heavy atom. The zero-order valence-corrected chi connectivity index (χ0v) is 13.6. The maximum Gasteiger partial charge on any atom is 0.338 e. The van der Waals surface area contributed by atoms with E-state index in [-0.39, 0.29) is 5.97 Å². The maximum absolute atomic E-state index is 11.6. The topological polar surface area (TPSA) is 38.3 Å². The van der Waals surface area contributed by atoms with Crippen molar-refractivity contribution in [1.82, 2.24) is 0 Å². The van der Waals surface area contributed by atoms with Crippen LogP contribution in [0, 0.1) is 18.8 Å². The minimum atomic E-state index is -0.289. The molecule has 0 radical (unpaired) electrons. The number of hydrogen-bond acceptors (Lipinski definition) is 3. The third-order valence-corrected chi connectivity index (χ3v) is 3.23. The molecule has 0 spiro atoms. The number of rotatable bonds is 5. The summed E-state index contributed by atoms with van der Waals surface area (Å²) in [6.07, 6.45) is 0.758. The van der Waals surface area contributed by atoms with Gasteiger partial charge in [-0.15, -0.1) is 0 Å². The highest BCUT2D eigenvalue weighted by Crippen LogP contribution is 2.10. The highest BCUT2D eigenvalue weighted by atomic mass is 16.5. The van der Waals surface area contributed by atoms with Gasteiger partial charge in [-0.05, 0) is 55.8 Å². The zero-order chi connectivity index (χ0) is 16.5. The van der Waals surface area contributed by atoms with Gasteiger partial charge in [0.2, 0.25) is 0 Å². The number of hydrogen-bond donors (Lipinski definition) is 1. The van der Waals surface area contributed by atoms with Gasteiger partial charge in [0.15, 0.2) is 0 Å². The average Bonchev–Trinajstić information content (AvgIpc) is 2.55. The largest absolute Gasteiger partial charge is 0.462 e. The standard InChI is InChI=1S/C20H21NO2/c1-3-23-20(22)18-10-12-19(13-11-18)21-14-5-4-8-17-9-6-7-16(2)15-17/h6-7,9-13,15,21H,3,5,14H2,1-2H3. The third kappa shape index (κ3) is 5.52. The molecular formula is C20H21NO2. The number of carbonyl (C=O) groups is 1. The van der Waals surface area contributed by atoms with E-state index in [0.29, 0.717) is 12.2 Å². The monoisotopic (exact) mass is 307 g/mol. The van der Waals surface area contributed by atoms with E-state index in [1.807, 2.05) is 24.3 Å². The lowest BCUT2D eigenvalue weighted by Gasteiger charge is -2.05. The second-order valence-corrected chi connectivity index (χ2v) is 5.15. The van der Waals surface area contributed by atoms with Gasteiger partial charge in [-0.3, -0.25) is 0 Å². The van der Waals surface area contributed by atoms with Crippen molar-refractivity contribution >= 4 is 11.7 Å². The molecule has 0 bridgehead atoms. The number of nitrogens with one attached hydrogen (secondary N) is 1. The van der Waals surface area contributed by atoms with Crippen LogP contribution in [0.4, 0.5) is 5.69 Å². The summed E-state index contributed by atoms with van der Waals surface area (Å²) in [7, 11) is 0. The first-order valence-electron chi connectivity index (χ1n) is 7.75. The summed E-state index contributed by atoms with van der Waals surface area (Å²) in [6.45, 7) is 5.01. The number of benzene rings is 2. The number of carbonyl (C=O) groups excluding carboxylic acids is 1. The van der Waals surface area contributed by atoms with Crippen LogP contribution in [0.3, 0.4) is 0 Å². The van der Waals surface area contributed by atoms with Crippen molar-refractivity contribution in [2.75, 3.05) is 18.5 Å². The summed E-state index contributed by atoms with van der Waals surface area (Å²) in [5, 5.41) is 3.29. The Hall–Kier alpha value is -2.73. The lowest BCUT2D eigenvalue weighted by atomic mass is 10.1. The summed E-state index contributed by atoms with van der Waals surface area (Å²) in [6, 6.07) is 15.4. The van der Waals surface area contributed by atoms with Gasteiger partial charge in [-0.1, -0.05) is 24.0 Å². The minimum absolute atomic E-state index is 0.289. The van der Waals surface area contributed by atoms with Gasteiger partial charge >= 0.3 is 5.97 Å². The minimum Gasteiger partial charge on any atom is -0.462 e. The first-order valence-corrected chi connectivity index (χ1v) is 7.75. The first kappa shape index (κ1) is 16.6. The number of esters is 1. The van der Waals surface area contributed by atoms with Crippen LogP contribution in [0.25, 0.3) is 0 Å². The molecule has 0 aliphatic rings. The molecule has 2 aromatic carbocycles. The van der Waals surface area contributed by atoms with Gasteiger partial charge in [0, 0.05) is 24.2 Å². The number of aryl methyl sites for hydroxylation is 1. The second-order valence-electron chi connectivity index (χ2n) is 5.15. The van der Waals surface area contributed by atoms with Gasteiger partial charge in [0.1, 0.15) is 0 Å². The molecule has 2 rings (SSSR count). The van der Waals surface area contributed by atoms with Crippen molar-refractivity contribution in [3.05, 3.63) is 65.2 Å². The third-order valence-electron chi connectivity index (χ3n) is 3.23. The van der Waals surface area contributed by atoms with Crippen molar-refractivity contribution in [2.45, 2.75) is 20.3 Å². The Kier molecular flexibility index (Phi) is 6.26. The quantitative estimate of drug-likeness (QED) is 0.515. The molecule has 0 unspecified atom stereocenters. The normalized spacial score (nSPS) is 9.65. The van der Waals surface area contributed by atoms with Crippen molar-refractivity contribution in [2.24, 2.45) is 0 Å². The predicted molar refractivity (Wildman–Crippen MR) is 93.6 cm³/mol. The molecule has 0 aliphatic carbocycles. The van der Waals surface area contributed by atoms with Gasteiger partial charge < -0.3 is 10.1 Å². The lowest BCUT2D eigenvalue weighted by molar-refractivity contribution is 0.0526. The van der Waals surface area contributed by atoms with E-state index in [9.17, 15) is 4.79 Å². The molecule has 0 aliphatic heterocycles. The summed E-state index contributed by atoms with van der Waals surface area (Å²) in [4.78, 5) is 11.6. The van der Waals surface area contributed by atoms with Gasteiger partial charge in [0.25, 0.3) is 0 Å². The van der Waals surface area contributed by atoms with Crippen LogP contribution in [0.1, 0.15) is 34.8 Å². The van der Waals surface area contributed by atoms with E-state index >= 15 is 0 Å². The molecule has 0 saturated heterocycles. The Morgan fingerprint density at radius 2 is 1.96 bits per heavy atom. The molecule has 23 heavy (non-hydrogen) atoms. The van der Waals surface area contributed by atoms with E-state index in [4.69, 9.17) is 4.74 Å². The molecular weight excluding hydrogens is 286 g/mol. The SMILES string of the molecule is CCOC(=O)c1ccc(NCCC#Cc2cccc(C)c2)cc1. The molecule has 1 N–H and O–H groups in total. The van der Waals surface area contributed by atoms with E-state index in [1.54, 1.807) is 19.1 Å². The van der Waals surface area contributed by atoms with Crippen LogP contribution in [-0.4, -0.2) is 19.1 Å². The fourth-order valence-corrected chi connectivity index (χ4v) is 2.10. The summed E-state index contributed by atoms with van der Waals surface area (Å²) in [5.41, 5.74) is 3.80. The van der Waals surface area contributed by atoms with E-state index in [1.165, 1.54) is 5.56 Å². The zero-order valence-electron chi connectivity index (χ0n) is 13.6. The Bertz CT molecular complexity index is 708. The molecule has 0 fully saturated rings. The Labute approximate surface area is 137 Å². The number of anilines is 1. The Morgan fingerprint density at radius 3 is 2.65 bits per heavy atom. The van der Waals surface area contributed by atoms with Crippen LogP contribution in [0.2, 0.25) is 0 Å². The molecule has 0 amide bonds. The summed E-state index contributed by atoms with van der Waals surface area (Å²) in [5.74, 6) is 6.03. The van der Waals surface area contributed by atoms with Gasteiger partial charge in [-0.2, -0.15) is 0 Å². The smallest absolute Gasteiger partial charge is 0.338 e. The van der Waals surface area contributed by atoms with Crippen molar-refractivity contribution in [3.8, 4) is 11.8 Å². The van der Waals surface area contributed by atoms with Crippen LogP contribution in [-0.2, 0) is 4.74 Å². The van der Waals surface area contributed by atoms with Crippen molar-refractivity contribution in [3.63, 3.8) is 0 Å². The maximum atomic E-state index is 11.6. The fraction of sp³-hybridized carbons (Fsp3) is 0.250. The summed E-state index contributed by atoms with van der Waals surface area (Å²) >= 11 is 0. The Balaban J connectivity index is 1.80. The molecule has 0 heterocycles. The molecule has 118 valence electrons. The first-order chi connectivity index (χ1) is 11.2. The molecule has 3 nitrogen and oxygen atoms in total. The second kappa shape index (κ2) is 8.65. The average molecular weight is 307 g/mol. The van der Waals surface area contributed by atoms with Gasteiger partial charge in [0.05, 0.1) is 12.2 Å². The van der Waals surface area contributed by atoms with E-state index < -0.39 is 0 Å². The molecule has 3 heteroatoms. The molecule has 2 aromatic rings. The van der Waals surface area contributed by atoms with Crippen molar-refractivity contribution < 1.29 is 9.53 Å². The fourth-order valence-electron chi connectivity index (χ4n) is 2.10. The highest BCUT2D eigenvalue weighted by Gasteiger charge is 2.04. The van der Waals surface area contributed by atoms with E-state index in [2.05, 4.69) is 36.2 Å². The van der Waals surface area contributed by atoms with Crippen LogP contribution in [0.5, 0.6) is 0 Å². The van der Waals surface area contributed by atoms with Crippen LogP contribution in [0.15, 0.2) is 48.5 Å². The van der Waals surface area contributed by atoms with Crippen molar-refractivity contribution in [1.29, 1.82) is 0 Å². The summed E-state index contributed by atoms with van der Waals surface area (Å²) < 4.78 is 4.95. The molecule has 0 saturated carbocycles. The number of ether oxygens (including phenoxy) is 1. The van der Waals surface area contributed by atoms with Gasteiger partial charge in [-0.25, -0.2) is 4.79 Å². The molecule has 0 aromatic heterocycles. The van der Waals surface area contributed by atoms with Crippen LogP contribution < -0.4 is 5.32 Å². The highest BCUT2D eigenvalue weighted by molar-refractivity contribution is 5.89. The molecule has 0 atom stereocenters. The lowest BCUT2D eigenvalue weighted by Crippen LogP contribution is -2.05. The van der Waals surface area contributed by atoms with E-state index in [0.717, 1.165) is 24.2 Å². The van der Waals surface area contributed by atoms with Crippen LogP contribution >= 0.6 is 0 Å².